The highest BCUT2D eigenvalue weighted by molar-refractivity contribution is 6.44. The van der Waals surface area contributed by atoms with Crippen LogP contribution >= 0.6 is 0 Å². The average molecular weight is 741 g/mol. The molecule has 2 N–H and O–H groups in total. The molecule has 0 saturated heterocycles. The third kappa shape index (κ3) is 8.99. The Balaban J connectivity index is 1.33. The number of nitrogens with zero attached hydrogens (tertiary/aromatic N) is 3. The van der Waals surface area contributed by atoms with Crippen molar-refractivity contribution in [3.05, 3.63) is 40.7 Å². The van der Waals surface area contributed by atoms with Gasteiger partial charge >= 0.3 is 0 Å². The highest BCUT2D eigenvalue weighted by Crippen LogP contribution is 2.45. The van der Waals surface area contributed by atoms with Crippen molar-refractivity contribution >= 4 is 40.3 Å². The van der Waals surface area contributed by atoms with Gasteiger partial charge in [0.15, 0.2) is 0 Å². The first kappa shape index (κ1) is 40.2. The number of hydrogen-bond donors (Lipinski definition) is 2. The molecule has 0 radical (unpaired) electrons. The Labute approximate surface area is 325 Å². The standard InChI is InChI=1S/C46H68N4O4/c1-7-46(5,6)44(54)47-37-30-34(49(28-14-22-31-16-8-9-17-31)29-15-23-32-18-10-11-19-32)25-26-35(37)38-41(51)40(42(38)52)39-36(27-24-33-20-12-13-21-33)48-50(43(39)53)45(2,3)4/h25-26,30-33,51H,7-24,27-29H2,1-6H3,(H,47,54)/b40-39-. The van der Waals surface area contributed by atoms with Crippen molar-refractivity contribution < 1.29 is 19.5 Å². The summed E-state index contributed by atoms with van der Waals surface area (Å²) in [6.45, 7) is 13.6. The minimum atomic E-state index is -0.625. The van der Waals surface area contributed by atoms with Crippen LogP contribution in [0.2, 0.25) is 0 Å². The Bertz CT molecular complexity index is 1620. The van der Waals surface area contributed by atoms with Crippen LogP contribution in [-0.2, 0) is 14.4 Å². The van der Waals surface area contributed by atoms with E-state index in [1.54, 1.807) is 0 Å². The molecule has 1 aliphatic heterocycles. The second kappa shape index (κ2) is 17.2. The van der Waals surface area contributed by atoms with Crippen molar-refractivity contribution in [2.24, 2.45) is 28.3 Å². The Morgan fingerprint density at radius 2 is 1.35 bits per heavy atom. The molecule has 6 rings (SSSR count). The molecule has 0 bridgehead atoms. The van der Waals surface area contributed by atoms with Gasteiger partial charge in [-0.05, 0) is 102 Å². The number of Topliss-reactive ketones (excluding diaryl/α,β-unsaturated/α-hetero) is 1. The van der Waals surface area contributed by atoms with Crippen LogP contribution in [0.15, 0.2) is 40.2 Å². The zero-order valence-electron chi connectivity index (χ0n) is 34.3. The summed E-state index contributed by atoms with van der Waals surface area (Å²) in [5, 5.41) is 21.2. The Hall–Kier alpha value is -3.42. The molecule has 3 fully saturated rings. The van der Waals surface area contributed by atoms with Gasteiger partial charge in [0.05, 0.1) is 33.7 Å². The number of carbonyl (C=O) groups is 3. The number of allylic oxidation sites excluding steroid dienone is 2. The van der Waals surface area contributed by atoms with Gasteiger partial charge in [-0.25, -0.2) is 5.01 Å². The predicted octanol–water partition coefficient (Wildman–Crippen LogP) is 10.9. The van der Waals surface area contributed by atoms with Crippen LogP contribution < -0.4 is 10.2 Å². The summed E-state index contributed by atoms with van der Waals surface area (Å²) in [5.74, 6) is 1.23. The zero-order valence-corrected chi connectivity index (χ0v) is 34.3. The molecule has 54 heavy (non-hydrogen) atoms. The summed E-state index contributed by atoms with van der Waals surface area (Å²) in [4.78, 5) is 44.4. The van der Waals surface area contributed by atoms with E-state index in [9.17, 15) is 19.5 Å². The van der Waals surface area contributed by atoms with Gasteiger partial charge in [0.25, 0.3) is 5.91 Å². The number of nitrogens with one attached hydrogen (secondary N) is 1. The fourth-order valence-electron chi connectivity index (χ4n) is 9.46. The predicted molar refractivity (Wildman–Crippen MR) is 221 cm³/mol. The number of ketones is 1. The van der Waals surface area contributed by atoms with Crippen LogP contribution in [-0.4, -0.2) is 52.1 Å². The first-order valence-electron chi connectivity index (χ1n) is 21.6. The molecule has 8 nitrogen and oxygen atoms in total. The molecule has 0 spiro atoms. The average Bonchev–Trinajstić information content (AvgIpc) is 3.98. The van der Waals surface area contributed by atoms with E-state index in [2.05, 4.69) is 16.3 Å². The monoisotopic (exact) mass is 741 g/mol. The molecule has 0 aromatic heterocycles. The largest absolute Gasteiger partial charge is 0.506 e. The lowest BCUT2D eigenvalue weighted by Crippen LogP contribution is -2.40. The van der Waals surface area contributed by atoms with Gasteiger partial charge in [-0.15, -0.1) is 0 Å². The van der Waals surface area contributed by atoms with Crippen LogP contribution in [0.5, 0.6) is 0 Å². The lowest BCUT2D eigenvalue weighted by atomic mass is 9.78. The maximum atomic E-state index is 14.3. The van der Waals surface area contributed by atoms with E-state index in [0.29, 0.717) is 35.7 Å². The van der Waals surface area contributed by atoms with Gasteiger partial charge in [0, 0.05) is 29.8 Å². The number of benzene rings is 1. The molecule has 3 saturated carbocycles. The van der Waals surface area contributed by atoms with Crippen molar-refractivity contribution in [3.8, 4) is 0 Å². The van der Waals surface area contributed by atoms with Gasteiger partial charge < -0.3 is 15.3 Å². The van der Waals surface area contributed by atoms with Gasteiger partial charge in [-0.3, -0.25) is 14.4 Å². The molecule has 5 aliphatic rings. The molecule has 1 aromatic carbocycles. The maximum absolute atomic E-state index is 14.3. The molecule has 8 heteroatoms. The number of amides is 2. The summed E-state index contributed by atoms with van der Waals surface area (Å²) in [6, 6.07) is 5.96. The summed E-state index contributed by atoms with van der Waals surface area (Å²) in [7, 11) is 0. The molecule has 4 aliphatic carbocycles. The molecule has 296 valence electrons. The molecule has 1 heterocycles. The van der Waals surface area contributed by atoms with Gasteiger partial charge in [0.2, 0.25) is 11.7 Å². The van der Waals surface area contributed by atoms with Crippen molar-refractivity contribution in [1.82, 2.24) is 5.01 Å². The molecular weight excluding hydrogens is 673 g/mol. The number of rotatable bonds is 16. The van der Waals surface area contributed by atoms with E-state index in [1.807, 2.05) is 53.7 Å². The fraction of sp³-hybridized carbons (Fsp3) is 0.696. The normalized spacial score (nSPS) is 21.8. The molecule has 1 aromatic rings. The number of carbonyl (C=O) groups excluding carboxylic acids is 3. The highest BCUT2D eigenvalue weighted by atomic mass is 16.3. The van der Waals surface area contributed by atoms with Crippen LogP contribution in [0, 0.1) is 23.2 Å². The van der Waals surface area contributed by atoms with Crippen molar-refractivity contribution in [1.29, 1.82) is 0 Å². The Kier molecular flexibility index (Phi) is 12.8. The third-order valence-electron chi connectivity index (χ3n) is 13.4. The van der Waals surface area contributed by atoms with Crippen molar-refractivity contribution in [2.45, 2.75) is 169 Å². The topological polar surface area (TPSA) is 102 Å². The SMILES string of the molecule is CCC(C)(C)C(=O)Nc1cc(N(CCCC2CCCC2)CCCC2CCCC2)ccc1C1=C(O)/C(=C2/C(=O)N(C(C)(C)C)N=C2CCC2CCCC2)C1=O. The first-order chi connectivity index (χ1) is 25.8. The van der Waals surface area contributed by atoms with Crippen molar-refractivity contribution in [3.63, 3.8) is 0 Å². The number of aliphatic hydroxyl groups excluding tert-OH is 1. The molecule has 2 amide bonds. The number of aliphatic hydroxyl groups is 1. The van der Waals surface area contributed by atoms with E-state index in [-0.39, 0.29) is 40.1 Å². The van der Waals surface area contributed by atoms with Crippen LogP contribution in [0.4, 0.5) is 11.4 Å². The third-order valence-corrected chi connectivity index (χ3v) is 13.4. The first-order valence-corrected chi connectivity index (χ1v) is 21.6. The van der Waals surface area contributed by atoms with E-state index in [0.717, 1.165) is 49.9 Å². The van der Waals surface area contributed by atoms with Gasteiger partial charge in [-0.1, -0.05) is 97.8 Å². The summed E-state index contributed by atoms with van der Waals surface area (Å²) in [5.41, 5.74) is 1.88. The zero-order chi connectivity index (χ0) is 38.6. The summed E-state index contributed by atoms with van der Waals surface area (Å²) < 4.78 is 0. The minimum absolute atomic E-state index is 0.0580. The van der Waals surface area contributed by atoms with Crippen LogP contribution in [0.3, 0.4) is 0 Å². The van der Waals surface area contributed by atoms with E-state index >= 15 is 0 Å². The minimum Gasteiger partial charge on any atom is -0.506 e. The van der Waals surface area contributed by atoms with Gasteiger partial charge in [0.1, 0.15) is 5.76 Å². The lowest BCUT2D eigenvalue weighted by Gasteiger charge is -2.30. The summed E-state index contributed by atoms with van der Waals surface area (Å²) in [6.07, 6.45) is 22.5. The Morgan fingerprint density at radius 3 is 1.85 bits per heavy atom. The molecule has 0 atom stereocenters. The number of anilines is 2. The molecule has 0 unspecified atom stereocenters. The second-order valence-electron chi connectivity index (χ2n) is 18.8. The maximum Gasteiger partial charge on any atom is 0.277 e. The fourth-order valence-corrected chi connectivity index (χ4v) is 9.46. The molecular formula is C46H68N4O4. The highest BCUT2D eigenvalue weighted by Gasteiger charge is 2.46. The Morgan fingerprint density at radius 1 is 0.815 bits per heavy atom. The van der Waals surface area contributed by atoms with E-state index in [1.165, 1.54) is 94.9 Å². The van der Waals surface area contributed by atoms with E-state index in [4.69, 9.17) is 5.10 Å². The second-order valence-corrected chi connectivity index (χ2v) is 18.8. The lowest BCUT2D eigenvalue weighted by molar-refractivity contribution is -0.130. The number of hydrazone groups is 1. The van der Waals surface area contributed by atoms with Crippen LogP contribution in [0.1, 0.15) is 169 Å². The quantitative estimate of drug-likeness (QED) is 0.164. The van der Waals surface area contributed by atoms with E-state index < -0.39 is 11.0 Å². The summed E-state index contributed by atoms with van der Waals surface area (Å²) >= 11 is 0. The van der Waals surface area contributed by atoms with Gasteiger partial charge in [-0.2, -0.15) is 5.10 Å². The van der Waals surface area contributed by atoms with Crippen molar-refractivity contribution in [2.75, 3.05) is 23.3 Å². The smallest absolute Gasteiger partial charge is 0.277 e. The number of hydrogen-bond acceptors (Lipinski definition) is 6. The van der Waals surface area contributed by atoms with Crippen LogP contribution in [0.25, 0.3) is 5.57 Å².